The summed E-state index contributed by atoms with van der Waals surface area (Å²) in [5.41, 5.74) is -0.0979. The first-order chi connectivity index (χ1) is 8.04. The molecule has 18 heavy (non-hydrogen) atoms. The predicted octanol–water partition coefficient (Wildman–Crippen LogP) is 4.63. The SMILES string of the molecule is CC(C)(C)[Si](C)(C)Oc1ccc([N+](=O)[O-])c(Cl)c1. The minimum atomic E-state index is -1.94. The van der Waals surface area contributed by atoms with Crippen LogP contribution in [0.5, 0.6) is 5.75 Å². The highest BCUT2D eigenvalue weighted by Crippen LogP contribution is 2.38. The van der Waals surface area contributed by atoms with E-state index in [-0.39, 0.29) is 15.7 Å². The highest BCUT2D eigenvalue weighted by atomic mass is 35.5. The lowest BCUT2D eigenvalue weighted by Gasteiger charge is -2.36. The molecule has 0 heterocycles. The number of nitrogens with zero attached hydrogens (tertiary/aromatic N) is 1. The quantitative estimate of drug-likeness (QED) is 0.462. The zero-order chi connectivity index (χ0) is 14.1. The van der Waals surface area contributed by atoms with Crippen LogP contribution in [0.4, 0.5) is 5.69 Å². The van der Waals surface area contributed by atoms with Gasteiger partial charge in [-0.15, -0.1) is 0 Å². The van der Waals surface area contributed by atoms with Crippen LogP contribution in [0.3, 0.4) is 0 Å². The predicted molar refractivity (Wildman–Crippen MR) is 75.9 cm³/mol. The van der Waals surface area contributed by atoms with E-state index in [9.17, 15) is 10.1 Å². The van der Waals surface area contributed by atoms with Gasteiger partial charge in [-0.1, -0.05) is 32.4 Å². The first kappa shape index (κ1) is 15.0. The van der Waals surface area contributed by atoms with Crippen LogP contribution in [0.25, 0.3) is 0 Å². The molecule has 1 rings (SSSR count). The minimum Gasteiger partial charge on any atom is -0.543 e. The molecule has 0 aliphatic heterocycles. The van der Waals surface area contributed by atoms with Gasteiger partial charge in [-0.25, -0.2) is 0 Å². The highest BCUT2D eigenvalue weighted by molar-refractivity contribution is 6.74. The van der Waals surface area contributed by atoms with E-state index in [1.54, 1.807) is 6.07 Å². The van der Waals surface area contributed by atoms with Crippen LogP contribution in [0.1, 0.15) is 20.8 Å². The summed E-state index contributed by atoms with van der Waals surface area (Å²) in [4.78, 5) is 10.2. The van der Waals surface area contributed by atoms with Gasteiger partial charge in [0.15, 0.2) is 0 Å². The van der Waals surface area contributed by atoms with Crippen molar-refractivity contribution in [2.24, 2.45) is 0 Å². The lowest BCUT2D eigenvalue weighted by molar-refractivity contribution is -0.384. The van der Waals surface area contributed by atoms with Crippen LogP contribution < -0.4 is 4.43 Å². The van der Waals surface area contributed by atoms with Gasteiger partial charge in [0.1, 0.15) is 10.8 Å². The molecule has 0 atom stereocenters. The molecule has 0 fully saturated rings. The Labute approximate surface area is 113 Å². The van der Waals surface area contributed by atoms with Crippen LogP contribution in [0, 0.1) is 10.1 Å². The fourth-order valence-corrected chi connectivity index (χ4v) is 2.41. The monoisotopic (exact) mass is 287 g/mol. The largest absolute Gasteiger partial charge is 0.543 e. The normalized spacial score (nSPS) is 12.3. The summed E-state index contributed by atoms with van der Waals surface area (Å²) in [6.45, 7) is 10.6. The maximum atomic E-state index is 10.7. The Morgan fingerprint density at radius 1 is 1.33 bits per heavy atom. The third-order valence-electron chi connectivity index (χ3n) is 3.30. The number of hydrogen-bond donors (Lipinski definition) is 0. The zero-order valence-corrected chi connectivity index (χ0v) is 13.0. The third kappa shape index (κ3) is 3.23. The molecule has 0 aromatic heterocycles. The summed E-state index contributed by atoms with van der Waals surface area (Å²) in [7, 11) is -1.94. The molecular weight excluding hydrogens is 270 g/mol. The first-order valence-electron chi connectivity index (χ1n) is 5.67. The van der Waals surface area contributed by atoms with Crippen LogP contribution in [-0.2, 0) is 0 Å². The van der Waals surface area contributed by atoms with Crippen molar-refractivity contribution in [2.45, 2.75) is 38.9 Å². The van der Waals surface area contributed by atoms with E-state index in [2.05, 4.69) is 33.9 Å². The number of nitro benzene ring substituents is 1. The number of rotatable bonds is 3. The Morgan fingerprint density at radius 2 is 1.89 bits per heavy atom. The smallest absolute Gasteiger partial charge is 0.288 e. The molecule has 1 aromatic carbocycles. The Balaban J connectivity index is 3.01. The Kier molecular flexibility index (Phi) is 4.07. The second-order valence-corrected chi connectivity index (χ2v) is 10.9. The van der Waals surface area contributed by atoms with Crippen LogP contribution >= 0.6 is 11.6 Å². The van der Waals surface area contributed by atoms with Gasteiger partial charge in [-0.05, 0) is 24.2 Å². The summed E-state index contributed by atoms with van der Waals surface area (Å²) in [6.07, 6.45) is 0. The van der Waals surface area contributed by atoms with Crippen LogP contribution in [0.15, 0.2) is 18.2 Å². The topological polar surface area (TPSA) is 52.4 Å². The number of halogens is 1. The molecule has 0 aliphatic rings. The maximum absolute atomic E-state index is 10.7. The number of benzene rings is 1. The maximum Gasteiger partial charge on any atom is 0.288 e. The summed E-state index contributed by atoms with van der Waals surface area (Å²) in [5, 5.41) is 10.8. The molecule has 0 saturated heterocycles. The molecule has 0 amide bonds. The molecule has 0 radical (unpaired) electrons. The van der Waals surface area contributed by atoms with Gasteiger partial charge in [0, 0.05) is 12.1 Å². The average Bonchev–Trinajstić information content (AvgIpc) is 2.14. The summed E-state index contributed by atoms with van der Waals surface area (Å²) < 4.78 is 6.01. The molecule has 0 bridgehead atoms. The van der Waals surface area contributed by atoms with Crippen molar-refractivity contribution in [3.8, 4) is 5.75 Å². The van der Waals surface area contributed by atoms with Crippen molar-refractivity contribution in [2.75, 3.05) is 0 Å². The van der Waals surface area contributed by atoms with Crippen LogP contribution in [0.2, 0.25) is 23.2 Å². The van der Waals surface area contributed by atoms with Crippen LogP contribution in [-0.4, -0.2) is 13.2 Å². The standard InChI is InChI=1S/C12H18ClNO3Si/c1-12(2,3)18(4,5)17-9-6-7-11(14(15)16)10(13)8-9/h6-8H,1-5H3. The first-order valence-corrected chi connectivity index (χ1v) is 8.96. The third-order valence-corrected chi connectivity index (χ3v) is 7.96. The van der Waals surface area contributed by atoms with E-state index in [0.29, 0.717) is 5.75 Å². The van der Waals surface area contributed by atoms with Crippen molar-refractivity contribution in [3.63, 3.8) is 0 Å². The van der Waals surface area contributed by atoms with E-state index >= 15 is 0 Å². The van der Waals surface area contributed by atoms with Gasteiger partial charge in [0.05, 0.1) is 4.92 Å². The second kappa shape index (κ2) is 4.89. The van der Waals surface area contributed by atoms with Crippen molar-refractivity contribution in [1.82, 2.24) is 0 Å². The minimum absolute atomic E-state index is 0.0707. The number of nitro groups is 1. The van der Waals surface area contributed by atoms with Crippen molar-refractivity contribution in [3.05, 3.63) is 33.3 Å². The van der Waals surface area contributed by atoms with Gasteiger partial charge in [-0.2, -0.15) is 0 Å². The van der Waals surface area contributed by atoms with Gasteiger partial charge >= 0.3 is 0 Å². The van der Waals surface area contributed by atoms with Gasteiger partial charge in [-0.3, -0.25) is 10.1 Å². The summed E-state index contributed by atoms with van der Waals surface area (Å²) in [6, 6.07) is 4.50. The number of hydrogen-bond acceptors (Lipinski definition) is 3. The van der Waals surface area contributed by atoms with Gasteiger partial charge < -0.3 is 4.43 Å². The Hall–Kier alpha value is -1.07. The lowest BCUT2D eigenvalue weighted by atomic mass is 10.2. The molecule has 6 heteroatoms. The molecule has 100 valence electrons. The fraction of sp³-hybridized carbons (Fsp3) is 0.500. The molecule has 0 spiro atoms. The Bertz CT molecular complexity index is 469. The molecule has 0 saturated carbocycles. The Morgan fingerprint density at radius 3 is 2.28 bits per heavy atom. The molecular formula is C12H18ClNO3Si. The average molecular weight is 288 g/mol. The summed E-state index contributed by atoms with van der Waals surface area (Å²) >= 11 is 5.86. The molecule has 4 nitrogen and oxygen atoms in total. The lowest BCUT2D eigenvalue weighted by Crippen LogP contribution is -2.43. The van der Waals surface area contributed by atoms with E-state index in [1.165, 1.54) is 12.1 Å². The molecule has 0 N–H and O–H groups in total. The molecule has 0 aliphatic carbocycles. The van der Waals surface area contributed by atoms with Gasteiger partial charge in [0.2, 0.25) is 8.32 Å². The van der Waals surface area contributed by atoms with Crippen molar-refractivity contribution >= 4 is 25.6 Å². The zero-order valence-electron chi connectivity index (χ0n) is 11.3. The van der Waals surface area contributed by atoms with E-state index in [4.69, 9.17) is 16.0 Å². The molecule has 0 unspecified atom stereocenters. The van der Waals surface area contributed by atoms with E-state index in [0.717, 1.165) is 0 Å². The van der Waals surface area contributed by atoms with Crippen molar-refractivity contribution < 1.29 is 9.35 Å². The van der Waals surface area contributed by atoms with Gasteiger partial charge in [0.25, 0.3) is 5.69 Å². The summed E-state index contributed by atoms with van der Waals surface area (Å²) in [5.74, 6) is 0.595. The highest BCUT2D eigenvalue weighted by Gasteiger charge is 2.39. The van der Waals surface area contributed by atoms with Crippen molar-refractivity contribution in [1.29, 1.82) is 0 Å². The van der Waals surface area contributed by atoms with E-state index in [1.807, 2.05) is 0 Å². The molecule has 1 aromatic rings. The fourth-order valence-electron chi connectivity index (χ4n) is 1.15. The second-order valence-electron chi connectivity index (χ2n) is 5.73. The van der Waals surface area contributed by atoms with E-state index < -0.39 is 13.2 Å².